The third kappa shape index (κ3) is 7.25. The van der Waals surface area contributed by atoms with Crippen LogP contribution in [0.15, 0.2) is 24.3 Å². The first kappa shape index (κ1) is 8.67. The summed E-state index contributed by atoms with van der Waals surface area (Å²) < 4.78 is 78.6. The van der Waals surface area contributed by atoms with Gasteiger partial charge < -0.3 is 19.9 Å². The predicted octanol–water partition coefficient (Wildman–Crippen LogP) is 2.39. The van der Waals surface area contributed by atoms with E-state index in [1.807, 2.05) is 12.1 Å². The van der Waals surface area contributed by atoms with Crippen molar-refractivity contribution in [2.24, 2.45) is 5.92 Å². The van der Waals surface area contributed by atoms with Gasteiger partial charge in [-0.2, -0.15) is 0 Å². The topological polar surface area (TPSA) is 50.7 Å². The average molecular weight is 316 g/mol. The molecular formula is C18H29NO3. The minimum atomic E-state index is -3.37. The third-order valence-electron chi connectivity index (χ3n) is 3.28. The Balaban J connectivity index is 1.88. The fraction of sp³-hybridized carbons (Fsp3) is 0.667. The molecular weight excluding hydrogens is 278 g/mol. The Labute approximate surface area is 146 Å². The summed E-state index contributed by atoms with van der Waals surface area (Å²) in [6.45, 7) is -8.83. The zero-order valence-electron chi connectivity index (χ0n) is 21.5. The highest BCUT2D eigenvalue weighted by molar-refractivity contribution is 5.27. The normalized spacial score (nSPS) is 24.3. The van der Waals surface area contributed by atoms with Gasteiger partial charge in [0.15, 0.2) is 0 Å². The molecule has 0 aliphatic heterocycles. The molecule has 0 heterocycles. The summed E-state index contributed by atoms with van der Waals surface area (Å²) in [4.78, 5) is 0. The lowest BCUT2D eigenvalue weighted by Gasteiger charge is -2.15. The van der Waals surface area contributed by atoms with Crippen molar-refractivity contribution in [1.29, 1.82) is 0 Å². The molecule has 4 nitrogen and oxygen atoms in total. The van der Waals surface area contributed by atoms with Crippen LogP contribution in [0.3, 0.4) is 0 Å². The summed E-state index contributed by atoms with van der Waals surface area (Å²) in [5.41, 5.74) is 1.02. The number of benzene rings is 1. The Morgan fingerprint density at radius 2 is 2.18 bits per heavy atom. The quantitative estimate of drug-likeness (QED) is 0.616. The predicted molar refractivity (Wildman–Crippen MR) is 88.3 cm³/mol. The third-order valence-corrected chi connectivity index (χ3v) is 3.28. The fourth-order valence-electron chi connectivity index (χ4n) is 1.85. The van der Waals surface area contributed by atoms with Crippen LogP contribution in [0.25, 0.3) is 0 Å². The van der Waals surface area contributed by atoms with Gasteiger partial charge in [0.2, 0.25) is 0 Å². The molecule has 1 unspecified atom stereocenters. The van der Waals surface area contributed by atoms with Crippen LogP contribution in [0.2, 0.25) is 0 Å². The van der Waals surface area contributed by atoms with E-state index < -0.39 is 38.9 Å². The Hall–Kier alpha value is -1.10. The first-order valence-corrected chi connectivity index (χ1v) is 7.42. The maximum absolute atomic E-state index is 10.2. The van der Waals surface area contributed by atoms with E-state index in [0.29, 0.717) is 18.3 Å². The summed E-state index contributed by atoms with van der Waals surface area (Å²) in [5.74, 6) is 1.05. The molecule has 1 aliphatic carbocycles. The molecule has 0 saturated heterocycles. The van der Waals surface area contributed by atoms with Crippen molar-refractivity contribution in [2.45, 2.75) is 45.1 Å². The number of aliphatic hydroxyl groups excluding tert-OH is 1. The number of aliphatic hydroxyl groups is 1. The second-order valence-electron chi connectivity index (χ2n) is 5.38. The van der Waals surface area contributed by atoms with Gasteiger partial charge in [0, 0.05) is 31.5 Å². The fourth-order valence-corrected chi connectivity index (χ4v) is 1.85. The molecule has 0 bridgehead atoms. The highest BCUT2D eigenvalue weighted by atomic mass is 16.5. The highest BCUT2D eigenvalue weighted by Crippen LogP contribution is 2.28. The van der Waals surface area contributed by atoms with E-state index in [1.54, 1.807) is 17.4 Å². The minimum absolute atomic E-state index is 0.348. The van der Waals surface area contributed by atoms with Gasteiger partial charge in [0.25, 0.3) is 0 Å². The SMILES string of the molecule is [2H]C([2H])(NC([2H])(C([2H])([2H])[2H])C([2H])([2H])[2H])C(O)COc1ccc(CCOCC2CC2)cc1. The van der Waals surface area contributed by atoms with Gasteiger partial charge in [0.1, 0.15) is 18.5 Å². The largest absolute Gasteiger partial charge is 0.491 e. The maximum Gasteiger partial charge on any atom is 0.119 e. The zero-order chi connectivity index (χ0) is 23.5. The van der Waals surface area contributed by atoms with Crippen molar-refractivity contribution in [3.05, 3.63) is 29.8 Å². The van der Waals surface area contributed by atoms with Crippen LogP contribution >= 0.6 is 0 Å². The highest BCUT2D eigenvalue weighted by Gasteiger charge is 2.20. The van der Waals surface area contributed by atoms with E-state index in [9.17, 15) is 5.11 Å². The van der Waals surface area contributed by atoms with Crippen LogP contribution in [-0.4, -0.2) is 43.5 Å². The van der Waals surface area contributed by atoms with Gasteiger partial charge in [-0.05, 0) is 42.9 Å². The monoisotopic (exact) mass is 316 g/mol. The molecule has 0 spiro atoms. The Morgan fingerprint density at radius 1 is 1.41 bits per heavy atom. The summed E-state index contributed by atoms with van der Waals surface area (Å²) >= 11 is 0. The number of rotatable bonds is 11. The van der Waals surface area contributed by atoms with Crippen LogP contribution < -0.4 is 10.1 Å². The first-order chi connectivity index (χ1) is 14.2. The first-order valence-electron chi connectivity index (χ1n) is 11.9. The van der Waals surface area contributed by atoms with Crippen LogP contribution in [-0.2, 0) is 11.2 Å². The van der Waals surface area contributed by atoms with Gasteiger partial charge in [0.05, 0.1) is 6.61 Å². The number of ether oxygens (including phenoxy) is 2. The van der Waals surface area contributed by atoms with E-state index in [1.165, 1.54) is 12.8 Å². The molecule has 2 rings (SSSR count). The van der Waals surface area contributed by atoms with Crippen LogP contribution in [0, 0.1) is 5.92 Å². The molecule has 0 amide bonds. The van der Waals surface area contributed by atoms with Crippen molar-refractivity contribution in [3.8, 4) is 5.75 Å². The summed E-state index contributed by atoms with van der Waals surface area (Å²) in [6.07, 6.45) is 1.27. The summed E-state index contributed by atoms with van der Waals surface area (Å²) in [5, 5.41) is 11.8. The lowest BCUT2D eigenvalue weighted by molar-refractivity contribution is 0.104. The van der Waals surface area contributed by atoms with E-state index in [0.717, 1.165) is 18.6 Å². The van der Waals surface area contributed by atoms with Crippen LogP contribution in [0.4, 0.5) is 0 Å². The molecule has 1 aromatic carbocycles. The van der Waals surface area contributed by atoms with Gasteiger partial charge in [-0.25, -0.2) is 0 Å². The summed E-state index contributed by atoms with van der Waals surface area (Å²) in [7, 11) is 0. The van der Waals surface area contributed by atoms with Gasteiger partial charge in [-0.1, -0.05) is 25.8 Å². The Morgan fingerprint density at radius 3 is 2.86 bits per heavy atom. The second-order valence-corrected chi connectivity index (χ2v) is 5.38. The smallest absolute Gasteiger partial charge is 0.119 e. The van der Waals surface area contributed by atoms with Crippen molar-refractivity contribution in [2.75, 3.05) is 26.3 Å². The van der Waals surface area contributed by atoms with Gasteiger partial charge >= 0.3 is 0 Å². The molecule has 0 aromatic heterocycles. The van der Waals surface area contributed by atoms with E-state index in [2.05, 4.69) is 0 Å². The standard InChI is InChI=1S/C18H29NO3/c1-14(2)19-11-17(20)13-22-18-7-5-15(6-8-18)9-10-21-12-16-3-4-16/h5-8,14,16-17,19-20H,3-4,9-13H2,1-2H3/i1D3,2D3,11D2,14D. The summed E-state index contributed by atoms with van der Waals surface area (Å²) in [6, 6.07) is 3.60. The van der Waals surface area contributed by atoms with Gasteiger partial charge in [-0.15, -0.1) is 0 Å². The Bertz CT molecular complexity index is 689. The van der Waals surface area contributed by atoms with E-state index in [-0.39, 0.29) is 0 Å². The lowest BCUT2D eigenvalue weighted by atomic mass is 10.1. The maximum atomic E-state index is 10.2. The minimum Gasteiger partial charge on any atom is -0.491 e. The lowest BCUT2D eigenvalue weighted by Crippen LogP contribution is -2.35. The molecule has 2 N–H and O–H groups in total. The number of hydrogen-bond acceptors (Lipinski definition) is 4. The van der Waals surface area contributed by atoms with Crippen molar-refractivity contribution in [1.82, 2.24) is 5.32 Å². The van der Waals surface area contributed by atoms with Crippen molar-refractivity contribution in [3.63, 3.8) is 0 Å². The number of hydrogen-bond donors (Lipinski definition) is 2. The molecule has 1 saturated carbocycles. The molecule has 1 aliphatic rings. The number of nitrogens with one attached hydrogen (secondary N) is 1. The van der Waals surface area contributed by atoms with E-state index >= 15 is 0 Å². The molecule has 1 fully saturated rings. The van der Waals surface area contributed by atoms with Gasteiger partial charge in [-0.3, -0.25) is 0 Å². The Kier molecular flexibility index (Phi) is 3.60. The van der Waals surface area contributed by atoms with Crippen molar-refractivity contribution < 1.29 is 26.9 Å². The van der Waals surface area contributed by atoms with Crippen LogP contribution in [0.5, 0.6) is 5.75 Å². The van der Waals surface area contributed by atoms with Crippen LogP contribution in [0.1, 0.15) is 44.4 Å². The molecule has 0 radical (unpaired) electrons. The van der Waals surface area contributed by atoms with E-state index in [4.69, 9.17) is 21.8 Å². The van der Waals surface area contributed by atoms with Crippen molar-refractivity contribution >= 4 is 0 Å². The molecule has 1 aromatic rings. The molecule has 22 heavy (non-hydrogen) atoms. The molecule has 1 atom stereocenters. The molecule has 4 heteroatoms. The zero-order valence-corrected chi connectivity index (χ0v) is 12.5. The average Bonchev–Trinajstić information content (AvgIpc) is 3.46. The second kappa shape index (κ2) is 9.13. The molecule has 124 valence electrons.